The van der Waals surface area contributed by atoms with Gasteiger partial charge in [-0.05, 0) is 33.1 Å². The van der Waals surface area contributed by atoms with Crippen LogP contribution < -0.4 is 16.0 Å². The van der Waals surface area contributed by atoms with Crippen molar-refractivity contribution in [3.63, 3.8) is 0 Å². The van der Waals surface area contributed by atoms with E-state index in [0.29, 0.717) is 66.5 Å². The molecule has 0 amide bonds. The molecule has 0 spiro atoms. The fraction of sp³-hybridized carbons (Fsp3) is 0.391. The maximum absolute atomic E-state index is 13.4. The molecule has 0 saturated carbocycles. The van der Waals surface area contributed by atoms with E-state index in [-0.39, 0.29) is 11.6 Å². The molecule has 0 atom stereocenters. The predicted octanol–water partition coefficient (Wildman–Crippen LogP) is 2.24. The van der Waals surface area contributed by atoms with Crippen LogP contribution in [-0.2, 0) is 4.74 Å². The van der Waals surface area contributed by atoms with E-state index < -0.39 is 0 Å². The number of nitrogens with two attached hydrogens (primary N) is 1. The Balaban J connectivity index is 1.80. The van der Waals surface area contributed by atoms with Gasteiger partial charge in [-0.1, -0.05) is 24.3 Å². The van der Waals surface area contributed by atoms with Crippen LogP contribution in [0, 0.1) is 0 Å². The van der Waals surface area contributed by atoms with Crippen molar-refractivity contribution in [2.75, 3.05) is 69.4 Å². The van der Waals surface area contributed by atoms with Crippen molar-refractivity contribution in [2.24, 2.45) is 0 Å². The maximum atomic E-state index is 13.4. The number of carbonyl (C=O) groups excluding carboxylic acids is 2. The summed E-state index contributed by atoms with van der Waals surface area (Å²) in [6.45, 7) is 4.23. The monoisotopic (exact) mass is 408 g/mol. The van der Waals surface area contributed by atoms with Crippen molar-refractivity contribution in [2.45, 2.75) is 6.42 Å². The molecule has 7 heteroatoms. The molecular formula is C23H28N4O3. The molecule has 2 aromatic rings. The molecule has 0 bridgehead atoms. The maximum Gasteiger partial charge on any atom is 0.196 e. The highest BCUT2D eigenvalue weighted by Gasteiger charge is 2.35. The van der Waals surface area contributed by atoms with Gasteiger partial charge in [-0.15, -0.1) is 0 Å². The van der Waals surface area contributed by atoms with Crippen LogP contribution in [0.25, 0.3) is 0 Å². The minimum absolute atomic E-state index is 0.157. The minimum atomic E-state index is -0.191. The van der Waals surface area contributed by atoms with E-state index in [4.69, 9.17) is 10.5 Å². The third-order valence-electron chi connectivity index (χ3n) is 5.67. The molecule has 1 fully saturated rings. The van der Waals surface area contributed by atoms with Crippen molar-refractivity contribution in [1.82, 2.24) is 4.90 Å². The first-order valence-electron chi connectivity index (χ1n) is 10.3. The first kappa shape index (κ1) is 20.4. The highest BCUT2D eigenvalue weighted by molar-refractivity contribution is 6.32. The van der Waals surface area contributed by atoms with E-state index in [0.717, 1.165) is 18.7 Å². The summed E-state index contributed by atoms with van der Waals surface area (Å²) in [5.41, 5.74) is 9.91. The molecule has 2 aromatic carbocycles. The number of hydrogen-bond acceptors (Lipinski definition) is 7. The first-order valence-corrected chi connectivity index (χ1v) is 10.3. The number of rotatable bonds is 6. The van der Waals surface area contributed by atoms with Crippen LogP contribution in [0.5, 0.6) is 0 Å². The third kappa shape index (κ3) is 3.66. The van der Waals surface area contributed by atoms with Gasteiger partial charge < -0.3 is 25.6 Å². The predicted molar refractivity (Wildman–Crippen MR) is 119 cm³/mol. The number of hydrogen-bond donors (Lipinski definition) is 2. The van der Waals surface area contributed by atoms with Crippen LogP contribution in [0.4, 0.5) is 17.1 Å². The molecule has 2 aliphatic rings. The number of anilines is 3. The smallest absolute Gasteiger partial charge is 0.196 e. The zero-order valence-corrected chi connectivity index (χ0v) is 17.5. The molecule has 0 aromatic heterocycles. The second-order valence-electron chi connectivity index (χ2n) is 7.99. The average molecular weight is 409 g/mol. The third-order valence-corrected chi connectivity index (χ3v) is 5.67. The van der Waals surface area contributed by atoms with Crippen LogP contribution in [0.2, 0.25) is 0 Å². The van der Waals surface area contributed by atoms with Crippen molar-refractivity contribution in [3.05, 3.63) is 52.6 Å². The summed E-state index contributed by atoms with van der Waals surface area (Å²) >= 11 is 0. The van der Waals surface area contributed by atoms with E-state index in [1.165, 1.54) is 0 Å². The fourth-order valence-electron chi connectivity index (χ4n) is 4.13. The molecule has 1 aliphatic heterocycles. The van der Waals surface area contributed by atoms with E-state index >= 15 is 0 Å². The Bertz CT molecular complexity index is 981. The quantitative estimate of drug-likeness (QED) is 0.478. The largest absolute Gasteiger partial charge is 0.396 e. The second kappa shape index (κ2) is 8.45. The van der Waals surface area contributed by atoms with Crippen molar-refractivity contribution in [1.29, 1.82) is 0 Å². The summed E-state index contributed by atoms with van der Waals surface area (Å²) < 4.78 is 5.47. The molecule has 0 radical (unpaired) electrons. The summed E-state index contributed by atoms with van der Waals surface area (Å²) in [7, 11) is 4.06. The van der Waals surface area contributed by atoms with Crippen LogP contribution in [0.3, 0.4) is 0 Å². The molecule has 30 heavy (non-hydrogen) atoms. The molecule has 7 nitrogen and oxygen atoms in total. The van der Waals surface area contributed by atoms with Crippen molar-refractivity contribution < 1.29 is 14.3 Å². The van der Waals surface area contributed by atoms with Gasteiger partial charge in [-0.25, -0.2) is 0 Å². The van der Waals surface area contributed by atoms with E-state index in [1.54, 1.807) is 24.3 Å². The Morgan fingerprint density at radius 3 is 2.33 bits per heavy atom. The lowest BCUT2D eigenvalue weighted by Gasteiger charge is -2.32. The lowest BCUT2D eigenvalue weighted by atomic mass is 9.81. The highest BCUT2D eigenvalue weighted by atomic mass is 16.5. The lowest BCUT2D eigenvalue weighted by Crippen LogP contribution is -2.37. The van der Waals surface area contributed by atoms with Gasteiger partial charge in [0.1, 0.15) is 0 Å². The summed E-state index contributed by atoms with van der Waals surface area (Å²) in [6.07, 6.45) is 0.914. The minimum Gasteiger partial charge on any atom is -0.396 e. The van der Waals surface area contributed by atoms with E-state index in [2.05, 4.69) is 15.1 Å². The van der Waals surface area contributed by atoms with Gasteiger partial charge in [-0.2, -0.15) is 0 Å². The summed E-state index contributed by atoms with van der Waals surface area (Å²) in [6, 6.07) is 8.89. The summed E-state index contributed by atoms with van der Waals surface area (Å²) in [5.74, 6) is -0.348. The number of ketones is 2. The molecule has 1 heterocycles. The van der Waals surface area contributed by atoms with Gasteiger partial charge in [0.25, 0.3) is 0 Å². The number of nitrogens with zero attached hydrogens (tertiary/aromatic N) is 2. The first-order chi connectivity index (χ1) is 14.5. The zero-order chi connectivity index (χ0) is 21.3. The summed E-state index contributed by atoms with van der Waals surface area (Å²) in [5, 5.41) is 3.40. The Kier molecular flexibility index (Phi) is 5.74. The highest BCUT2D eigenvalue weighted by Crippen LogP contribution is 2.41. The summed E-state index contributed by atoms with van der Waals surface area (Å²) in [4.78, 5) is 31.0. The van der Waals surface area contributed by atoms with E-state index in [9.17, 15) is 9.59 Å². The van der Waals surface area contributed by atoms with Crippen LogP contribution >= 0.6 is 0 Å². The van der Waals surface area contributed by atoms with Gasteiger partial charge >= 0.3 is 0 Å². The fourth-order valence-corrected chi connectivity index (χ4v) is 4.13. The Labute approximate surface area is 176 Å². The van der Waals surface area contributed by atoms with Crippen molar-refractivity contribution in [3.8, 4) is 0 Å². The van der Waals surface area contributed by atoms with Gasteiger partial charge in [0.2, 0.25) is 0 Å². The molecule has 0 unspecified atom stereocenters. The molecule has 1 aliphatic carbocycles. The molecule has 3 N–H and O–H groups in total. The number of nitrogen functional groups attached to an aromatic ring is 1. The Morgan fingerprint density at radius 1 is 1.07 bits per heavy atom. The lowest BCUT2D eigenvalue weighted by molar-refractivity contribution is 0.0980. The molecular weight excluding hydrogens is 380 g/mol. The zero-order valence-electron chi connectivity index (χ0n) is 17.5. The average Bonchev–Trinajstić information content (AvgIpc) is 2.76. The molecule has 1 saturated heterocycles. The number of carbonyl (C=O) groups is 2. The van der Waals surface area contributed by atoms with Gasteiger partial charge in [0, 0.05) is 36.4 Å². The number of morpholine rings is 1. The van der Waals surface area contributed by atoms with Gasteiger partial charge in [0.05, 0.1) is 35.7 Å². The number of benzene rings is 2. The van der Waals surface area contributed by atoms with Crippen LogP contribution in [-0.4, -0.2) is 70.0 Å². The van der Waals surface area contributed by atoms with Crippen molar-refractivity contribution >= 4 is 28.6 Å². The normalized spacial score (nSPS) is 15.9. The number of nitrogens with one attached hydrogen (secondary N) is 1. The number of fused-ring (bicyclic) bond motifs is 2. The van der Waals surface area contributed by atoms with Gasteiger partial charge in [0.15, 0.2) is 11.6 Å². The standard InChI is InChI=1S/C23H28N4O3/c1-26(2)9-5-8-25-17-14-18(27-10-12-30-13-11-27)21(24)20-19(17)22(28)15-6-3-4-7-16(15)23(20)29/h3-4,6-7,14,25H,5,8-13,24H2,1-2H3. The SMILES string of the molecule is CN(C)CCCNc1cc(N2CCOCC2)c(N)c2c1C(=O)c1ccccc1C2=O. The van der Waals surface area contributed by atoms with Crippen LogP contribution in [0.1, 0.15) is 38.3 Å². The Morgan fingerprint density at radius 2 is 1.70 bits per heavy atom. The van der Waals surface area contributed by atoms with Gasteiger partial charge in [-0.3, -0.25) is 9.59 Å². The van der Waals surface area contributed by atoms with E-state index in [1.807, 2.05) is 20.2 Å². The number of ether oxygens (including phenoxy) is 1. The molecule has 4 rings (SSSR count). The second-order valence-corrected chi connectivity index (χ2v) is 7.99. The Hall–Kier alpha value is -2.90. The topological polar surface area (TPSA) is 87.9 Å². The molecule has 158 valence electrons. The van der Waals surface area contributed by atoms with Crippen LogP contribution in [0.15, 0.2) is 30.3 Å².